The summed E-state index contributed by atoms with van der Waals surface area (Å²) < 4.78 is 5.20. The zero-order valence-corrected chi connectivity index (χ0v) is 13.2. The molecule has 0 unspecified atom stereocenters. The van der Waals surface area contributed by atoms with Gasteiger partial charge in [-0.15, -0.1) is 0 Å². The normalized spacial score (nSPS) is 10.8. The maximum Gasteiger partial charge on any atom is 0.276 e. The maximum absolute atomic E-state index is 5.82. The van der Waals surface area contributed by atoms with Gasteiger partial charge in [0.1, 0.15) is 5.69 Å². The van der Waals surface area contributed by atoms with E-state index in [1.54, 1.807) is 11.1 Å². The van der Waals surface area contributed by atoms with E-state index in [0.717, 1.165) is 5.69 Å². The Balaban J connectivity index is 1.71. The molecule has 4 rings (SSSR count). The van der Waals surface area contributed by atoms with E-state index in [-0.39, 0.29) is 23.5 Å². The Hall–Kier alpha value is -3.82. The maximum atomic E-state index is 5.82. The number of nitrogens with one attached hydrogen (secondary N) is 1. The summed E-state index contributed by atoms with van der Waals surface area (Å²) in [5, 5.41) is 3.90. The number of benzene rings is 1. The summed E-state index contributed by atoms with van der Waals surface area (Å²) in [7, 11) is 1.83. The molecule has 0 aliphatic heterocycles. The summed E-state index contributed by atoms with van der Waals surface area (Å²) >= 11 is 0. The van der Waals surface area contributed by atoms with Crippen LogP contribution in [-0.4, -0.2) is 42.1 Å². The second-order valence-corrected chi connectivity index (χ2v) is 5.10. The molecule has 3 aromatic heterocycles. The SMILES string of the molecule is CN(c1ccccc1)c1nc(N)nc(-c2noc(-c3cnc[nH]3)n2)n1. The highest BCUT2D eigenvalue weighted by Crippen LogP contribution is 2.23. The summed E-state index contributed by atoms with van der Waals surface area (Å²) in [6.07, 6.45) is 3.10. The van der Waals surface area contributed by atoms with E-state index in [4.69, 9.17) is 10.3 Å². The second kappa shape index (κ2) is 6.00. The van der Waals surface area contributed by atoms with Gasteiger partial charge in [-0.1, -0.05) is 23.4 Å². The molecule has 4 aromatic rings. The average Bonchev–Trinajstić information content (AvgIpc) is 3.32. The summed E-state index contributed by atoms with van der Waals surface area (Å²) in [5.74, 6) is 1.16. The van der Waals surface area contributed by atoms with Crippen molar-refractivity contribution in [3.63, 3.8) is 0 Å². The first-order valence-electron chi connectivity index (χ1n) is 7.34. The van der Waals surface area contributed by atoms with E-state index in [9.17, 15) is 0 Å². The highest BCUT2D eigenvalue weighted by molar-refractivity contribution is 5.59. The highest BCUT2D eigenvalue weighted by Gasteiger charge is 2.17. The third kappa shape index (κ3) is 2.87. The number of imidazole rings is 1. The smallest absolute Gasteiger partial charge is 0.276 e. The monoisotopic (exact) mass is 335 g/mol. The molecule has 1 aromatic carbocycles. The van der Waals surface area contributed by atoms with Crippen molar-refractivity contribution in [1.29, 1.82) is 0 Å². The van der Waals surface area contributed by atoms with Gasteiger partial charge in [-0.3, -0.25) is 0 Å². The number of hydrogen-bond donors (Lipinski definition) is 2. The molecular weight excluding hydrogens is 322 g/mol. The standard InChI is InChI=1S/C15H13N9O/c1-24(9-5-3-2-4-6-9)15-21-11(20-14(16)22-15)12-19-13(25-23-12)10-7-17-8-18-10/h2-8H,1H3,(H,17,18)(H2,16,20,21,22). The van der Waals surface area contributed by atoms with Gasteiger partial charge in [0.15, 0.2) is 0 Å². The summed E-state index contributed by atoms with van der Waals surface area (Å²) in [6, 6.07) is 9.65. The lowest BCUT2D eigenvalue weighted by Crippen LogP contribution is -2.15. The Kier molecular flexibility index (Phi) is 3.54. The van der Waals surface area contributed by atoms with Crippen LogP contribution in [0.25, 0.3) is 23.2 Å². The molecule has 0 fully saturated rings. The van der Waals surface area contributed by atoms with Gasteiger partial charge >= 0.3 is 0 Å². The number of H-pyrrole nitrogens is 1. The number of nitrogen functional groups attached to an aromatic ring is 1. The Morgan fingerprint density at radius 1 is 1.04 bits per heavy atom. The number of rotatable bonds is 4. The van der Waals surface area contributed by atoms with Crippen molar-refractivity contribution >= 4 is 17.6 Å². The van der Waals surface area contributed by atoms with Crippen molar-refractivity contribution in [2.75, 3.05) is 17.7 Å². The van der Waals surface area contributed by atoms with Gasteiger partial charge in [0.25, 0.3) is 5.89 Å². The van der Waals surface area contributed by atoms with Crippen LogP contribution in [0.2, 0.25) is 0 Å². The molecule has 3 heterocycles. The second-order valence-electron chi connectivity index (χ2n) is 5.10. The third-order valence-corrected chi connectivity index (χ3v) is 3.44. The Bertz CT molecular complexity index is 981. The number of aromatic amines is 1. The van der Waals surface area contributed by atoms with Gasteiger partial charge in [-0.05, 0) is 12.1 Å². The molecule has 0 aliphatic carbocycles. The van der Waals surface area contributed by atoms with Gasteiger partial charge in [0, 0.05) is 12.7 Å². The number of nitrogens with two attached hydrogens (primary N) is 1. The zero-order valence-electron chi connectivity index (χ0n) is 13.2. The molecule has 0 aliphatic rings. The first-order chi connectivity index (χ1) is 12.2. The minimum Gasteiger partial charge on any atom is -0.368 e. The van der Waals surface area contributed by atoms with E-state index >= 15 is 0 Å². The third-order valence-electron chi connectivity index (χ3n) is 3.44. The quantitative estimate of drug-likeness (QED) is 0.570. The van der Waals surface area contributed by atoms with E-state index in [1.165, 1.54) is 6.33 Å². The molecule has 0 saturated carbocycles. The van der Waals surface area contributed by atoms with Crippen LogP contribution in [0, 0.1) is 0 Å². The van der Waals surface area contributed by atoms with Gasteiger partial charge in [0.05, 0.1) is 12.5 Å². The minimum atomic E-state index is 0.0654. The topological polar surface area (TPSA) is 136 Å². The molecule has 10 heteroatoms. The fourth-order valence-electron chi connectivity index (χ4n) is 2.19. The molecule has 0 atom stereocenters. The van der Waals surface area contributed by atoms with Crippen molar-refractivity contribution in [3.8, 4) is 23.2 Å². The van der Waals surface area contributed by atoms with Crippen LogP contribution in [0.1, 0.15) is 0 Å². The number of aromatic nitrogens is 7. The van der Waals surface area contributed by atoms with Crippen LogP contribution in [0.15, 0.2) is 47.4 Å². The molecule has 0 radical (unpaired) electrons. The molecule has 3 N–H and O–H groups in total. The lowest BCUT2D eigenvalue weighted by molar-refractivity contribution is 0.430. The fraction of sp³-hybridized carbons (Fsp3) is 0.0667. The molecular formula is C15H13N9O. The number of hydrogen-bond acceptors (Lipinski definition) is 9. The average molecular weight is 335 g/mol. The van der Waals surface area contributed by atoms with E-state index in [1.807, 2.05) is 37.4 Å². The van der Waals surface area contributed by atoms with Crippen molar-refractivity contribution in [2.24, 2.45) is 0 Å². The summed E-state index contributed by atoms with van der Waals surface area (Å²) in [5.41, 5.74) is 7.33. The van der Waals surface area contributed by atoms with Crippen molar-refractivity contribution in [2.45, 2.75) is 0 Å². The summed E-state index contributed by atoms with van der Waals surface area (Å²) in [4.78, 5) is 25.5. The molecule has 124 valence electrons. The van der Waals surface area contributed by atoms with Crippen LogP contribution in [0.5, 0.6) is 0 Å². The molecule has 0 bridgehead atoms. The first-order valence-corrected chi connectivity index (χ1v) is 7.34. The highest BCUT2D eigenvalue weighted by atomic mass is 16.5. The summed E-state index contributed by atoms with van der Waals surface area (Å²) in [6.45, 7) is 0. The van der Waals surface area contributed by atoms with Crippen LogP contribution < -0.4 is 10.6 Å². The fourth-order valence-corrected chi connectivity index (χ4v) is 2.19. The van der Waals surface area contributed by atoms with Gasteiger partial charge < -0.3 is 20.1 Å². The largest absolute Gasteiger partial charge is 0.368 e. The predicted molar refractivity (Wildman–Crippen MR) is 89.6 cm³/mol. The van der Waals surface area contributed by atoms with Crippen LogP contribution >= 0.6 is 0 Å². The zero-order chi connectivity index (χ0) is 17.2. The van der Waals surface area contributed by atoms with Gasteiger partial charge in [-0.2, -0.15) is 19.9 Å². The minimum absolute atomic E-state index is 0.0654. The lowest BCUT2D eigenvalue weighted by atomic mass is 10.3. The number of para-hydroxylation sites is 1. The molecule has 0 amide bonds. The Morgan fingerprint density at radius 2 is 1.88 bits per heavy atom. The Morgan fingerprint density at radius 3 is 2.64 bits per heavy atom. The van der Waals surface area contributed by atoms with Crippen LogP contribution in [0.4, 0.5) is 17.6 Å². The van der Waals surface area contributed by atoms with E-state index in [2.05, 4.69) is 35.1 Å². The number of anilines is 3. The van der Waals surface area contributed by atoms with Crippen molar-refractivity contribution in [1.82, 2.24) is 35.1 Å². The number of nitrogens with zero attached hydrogens (tertiary/aromatic N) is 7. The van der Waals surface area contributed by atoms with Crippen molar-refractivity contribution < 1.29 is 4.52 Å². The first kappa shape index (κ1) is 14.8. The molecule has 10 nitrogen and oxygen atoms in total. The van der Waals surface area contributed by atoms with Gasteiger partial charge in [0.2, 0.25) is 23.5 Å². The molecule has 0 spiro atoms. The lowest BCUT2D eigenvalue weighted by Gasteiger charge is -2.17. The van der Waals surface area contributed by atoms with Gasteiger partial charge in [-0.25, -0.2) is 4.98 Å². The van der Waals surface area contributed by atoms with E-state index in [0.29, 0.717) is 11.6 Å². The molecule has 25 heavy (non-hydrogen) atoms. The predicted octanol–water partition coefficient (Wildman–Crippen LogP) is 1.66. The van der Waals surface area contributed by atoms with Crippen LogP contribution in [0.3, 0.4) is 0 Å². The van der Waals surface area contributed by atoms with Crippen molar-refractivity contribution in [3.05, 3.63) is 42.9 Å². The molecule has 0 saturated heterocycles. The Labute approximate surface area is 141 Å². The van der Waals surface area contributed by atoms with Crippen LogP contribution in [-0.2, 0) is 0 Å². The van der Waals surface area contributed by atoms with E-state index < -0.39 is 0 Å².